The summed E-state index contributed by atoms with van der Waals surface area (Å²) in [4.78, 5) is 16.5. The minimum absolute atomic E-state index is 0.332. The lowest BCUT2D eigenvalue weighted by atomic mass is 10.1. The Morgan fingerprint density at radius 3 is 2.35 bits per heavy atom. The summed E-state index contributed by atoms with van der Waals surface area (Å²) in [6.07, 6.45) is 1.71. The molecule has 1 aliphatic heterocycles. The second-order valence-electron chi connectivity index (χ2n) is 6.08. The molecule has 0 spiro atoms. The average Bonchev–Trinajstić information content (AvgIpc) is 2.46. The summed E-state index contributed by atoms with van der Waals surface area (Å²) in [5.41, 5.74) is 1.35. The minimum Gasteiger partial charge on any atom is -0.340 e. The maximum Gasteiger partial charge on any atom is 0.222 e. The van der Waals surface area contributed by atoms with Crippen LogP contribution in [0.2, 0.25) is 0 Å². The quantitative estimate of drug-likeness (QED) is 0.824. The smallest absolute Gasteiger partial charge is 0.222 e. The largest absolute Gasteiger partial charge is 0.340 e. The van der Waals surface area contributed by atoms with Crippen LogP contribution in [-0.4, -0.2) is 41.9 Å². The van der Waals surface area contributed by atoms with Crippen molar-refractivity contribution in [1.82, 2.24) is 9.80 Å². The zero-order valence-corrected chi connectivity index (χ0v) is 12.7. The lowest BCUT2D eigenvalue weighted by Gasteiger charge is -2.35. The Morgan fingerprint density at radius 1 is 1.10 bits per heavy atom. The van der Waals surface area contributed by atoms with E-state index in [-0.39, 0.29) is 0 Å². The molecule has 1 heterocycles. The summed E-state index contributed by atoms with van der Waals surface area (Å²) in [6.45, 7) is 9.07. The molecular weight excluding hydrogens is 248 g/mol. The van der Waals surface area contributed by atoms with E-state index in [4.69, 9.17) is 0 Å². The van der Waals surface area contributed by atoms with Crippen molar-refractivity contribution in [2.45, 2.75) is 33.2 Å². The monoisotopic (exact) mass is 274 g/mol. The van der Waals surface area contributed by atoms with Crippen LogP contribution >= 0.6 is 0 Å². The van der Waals surface area contributed by atoms with Crippen LogP contribution in [0.4, 0.5) is 0 Å². The summed E-state index contributed by atoms with van der Waals surface area (Å²) in [7, 11) is 0. The van der Waals surface area contributed by atoms with Crippen molar-refractivity contribution < 1.29 is 4.79 Å². The molecule has 0 bridgehead atoms. The highest BCUT2D eigenvalue weighted by molar-refractivity contribution is 5.76. The van der Waals surface area contributed by atoms with Gasteiger partial charge < -0.3 is 4.90 Å². The van der Waals surface area contributed by atoms with Crippen molar-refractivity contribution in [2.75, 3.05) is 26.2 Å². The van der Waals surface area contributed by atoms with Gasteiger partial charge >= 0.3 is 0 Å². The summed E-state index contributed by atoms with van der Waals surface area (Å²) in [5, 5.41) is 0. The number of hydrogen-bond acceptors (Lipinski definition) is 2. The molecule has 3 nitrogen and oxygen atoms in total. The van der Waals surface area contributed by atoms with Gasteiger partial charge in [0.1, 0.15) is 0 Å². The number of nitrogens with zero attached hydrogens (tertiary/aromatic N) is 2. The Kier molecular flexibility index (Phi) is 5.60. The van der Waals surface area contributed by atoms with Gasteiger partial charge in [-0.15, -0.1) is 0 Å². The van der Waals surface area contributed by atoms with E-state index in [1.807, 2.05) is 4.90 Å². The summed E-state index contributed by atoms with van der Waals surface area (Å²) in [5.74, 6) is 0.941. The van der Waals surface area contributed by atoms with Crippen molar-refractivity contribution in [3.63, 3.8) is 0 Å². The number of rotatable bonds is 5. The van der Waals surface area contributed by atoms with Crippen molar-refractivity contribution in [2.24, 2.45) is 5.92 Å². The van der Waals surface area contributed by atoms with Gasteiger partial charge in [0, 0.05) is 39.1 Å². The maximum absolute atomic E-state index is 12.1. The first-order valence-electron chi connectivity index (χ1n) is 7.69. The van der Waals surface area contributed by atoms with Gasteiger partial charge in [-0.3, -0.25) is 9.69 Å². The lowest BCUT2D eigenvalue weighted by Crippen LogP contribution is -2.48. The fourth-order valence-corrected chi connectivity index (χ4v) is 2.57. The highest BCUT2D eigenvalue weighted by Gasteiger charge is 2.20. The number of carbonyl (C=O) groups excluding carboxylic acids is 1. The molecular formula is C17H26N2O. The van der Waals surface area contributed by atoms with Crippen molar-refractivity contribution >= 4 is 5.91 Å². The van der Waals surface area contributed by atoms with Crippen LogP contribution < -0.4 is 0 Å². The van der Waals surface area contributed by atoms with E-state index in [0.29, 0.717) is 18.2 Å². The molecule has 110 valence electrons. The lowest BCUT2D eigenvalue weighted by molar-refractivity contribution is -0.133. The Bertz CT molecular complexity index is 408. The van der Waals surface area contributed by atoms with E-state index in [9.17, 15) is 4.79 Å². The predicted octanol–water partition coefficient (Wildman–Crippen LogP) is 2.77. The van der Waals surface area contributed by atoms with Crippen molar-refractivity contribution in [1.29, 1.82) is 0 Å². The first-order valence-corrected chi connectivity index (χ1v) is 7.69. The molecule has 20 heavy (non-hydrogen) atoms. The first kappa shape index (κ1) is 15.0. The van der Waals surface area contributed by atoms with Gasteiger partial charge in [0.25, 0.3) is 0 Å². The number of piperazine rings is 1. The second kappa shape index (κ2) is 7.44. The van der Waals surface area contributed by atoms with Crippen LogP contribution in [0.25, 0.3) is 0 Å². The van der Waals surface area contributed by atoms with Crippen LogP contribution in [0.5, 0.6) is 0 Å². The third-order valence-electron chi connectivity index (χ3n) is 3.91. The van der Waals surface area contributed by atoms with Gasteiger partial charge in [-0.1, -0.05) is 44.2 Å². The molecule has 0 atom stereocenters. The summed E-state index contributed by atoms with van der Waals surface area (Å²) in [6, 6.07) is 10.6. The predicted molar refractivity (Wildman–Crippen MR) is 82.4 cm³/mol. The van der Waals surface area contributed by atoms with Crippen molar-refractivity contribution in [3.05, 3.63) is 35.9 Å². The van der Waals surface area contributed by atoms with Crippen LogP contribution in [0.3, 0.4) is 0 Å². The molecule has 1 saturated heterocycles. The van der Waals surface area contributed by atoms with E-state index in [2.05, 4.69) is 49.1 Å². The average molecular weight is 274 g/mol. The van der Waals surface area contributed by atoms with E-state index in [1.165, 1.54) is 5.56 Å². The van der Waals surface area contributed by atoms with Gasteiger partial charge in [-0.25, -0.2) is 0 Å². The van der Waals surface area contributed by atoms with Gasteiger partial charge in [0.15, 0.2) is 0 Å². The molecule has 2 rings (SSSR count). The van der Waals surface area contributed by atoms with E-state index >= 15 is 0 Å². The Balaban J connectivity index is 1.73. The SMILES string of the molecule is CC(C)CCC(=O)N1CCN(Cc2ccccc2)CC1. The number of hydrogen-bond donors (Lipinski definition) is 0. The maximum atomic E-state index is 12.1. The van der Waals surface area contributed by atoms with Crippen LogP contribution in [0.15, 0.2) is 30.3 Å². The summed E-state index contributed by atoms with van der Waals surface area (Å²) >= 11 is 0. The highest BCUT2D eigenvalue weighted by Crippen LogP contribution is 2.11. The van der Waals surface area contributed by atoms with Gasteiger partial charge in [0.05, 0.1) is 0 Å². The molecule has 0 saturated carbocycles. The number of amides is 1. The third-order valence-corrected chi connectivity index (χ3v) is 3.91. The molecule has 1 aromatic rings. The van der Waals surface area contributed by atoms with E-state index in [1.54, 1.807) is 0 Å². The standard InChI is InChI=1S/C17H26N2O/c1-15(2)8-9-17(20)19-12-10-18(11-13-19)14-16-6-4-3-5-7-16/h3-7,15H,8-14H2,1-2H3. The Morgan fingerprint density at radius 2 is 1.75 bits per heavy atom. The highest BCUT2D eigenvalue weighted by atomic mass is 16.2. The summed E-state index contributed by atoms with van der Waals surface area (Å²) < 4.78 is 0. The van der Waals surface area contributed by atoms with Crippen LogP contribution in [0, 0.1) is 5.92 Å². The van der Waals surface area contributed by atoms with Gasteiger partial charge in [-0.2, -0.15) is 0 Å². The first-order chi connectivity index (χ1) is 9.65. The zero-order valence-electron chi connectivity index (χ0n) is 12.7. The minimum atomic E-state index is 0.332. The number of carbonyl (C=O) groups is 1. The van der Waals surface area contributed by atoms with E-state index < -0.39 is 0 Å². The number of benzene rings is 1. The third kappa shape index (κ3) is 4.64. The normalized spacial score (nSPS) is 16.6. The molecule has 0 unspecified atom stereocenters. The van der Waals surface area contributed by atoms with Crippen molar-refractivity contribution in [3.8, 4) is 0 Å². The molecule has 1 amide bonds. The molecule has 1 aliphatic rings. The fourth-order valence-electron chi connectivity index (χ4n) is 2.57. The molecule has 0 aromatic heterocycles. The zero-order chi connectivity index (χ0) is 14.4. The van der Waals surface area contributed by atoms with Crippen LogP contribution in [0.1, 0.15) is 32.3 Å². The molecule has 1 aromatic carbocycles. The Labute approximate surface area is 122 Å². The fraction of sp³-hybridized carbons (Fsp3) is 0.588. The molecule has 3 heteroatoms. The molecule has 0 N–H and O–H groups in total. The Hall–Kier alpha value is -1.35. The van der Waals surface area contributed by atoms with E-state index in [0.717, 1.165) is 39.1 Å². The van der Waals surface area contributed by atoms with Gasteiger partial charge in [0.2, 0.25) is 5.91 Å². The topological polar surface area (TPSA) is 23.6 Å². The molecule has 0 aliphatic carbocycles. The molecule has 0 radical (unpaired) electrons. The van der Waals surface area contributed by atoms with Crippen LogP contribution in [-0.2, 0) is 11.3 Å². The second-order valence-corrected chi connectivity index (χ2v) is 6.08. The van der Waals surface area contributed by atoms with Gasteiger partial charge in [-0.05, 0) is 17.9 Å². The molecule has 1 fully saturated rings.